The molecule has 0 bridgehead atoms. The zero-order chi connectivity index (χ0) is 8.67. The van der Waals surface area contributed by atoms with Crippen LogP contribution < -0.4 is 5.32 Å². The van der Waals surface area contributed by atoms with Gasteiger partial charge in [-0.2, -0.15) is 0 Å². The number of hydrogen-bond donors (Lipinski definition) is 1. The molecule has 2 aliphatic rings. The van der Waals surface area contributed by atoms with Crippen molar-refractivity contribution in [2.75, 3.05) is 0 Å². The van der Waals surface area contributed by atoms with Crippen LogP contribution in [-0.4, -0.2) is 5.16 Å². The highest BCUT2D eigenvalue weighted by atomic mass is 16.5. The average molecular weight is 178 g/mol. The van der Waals surface area contributed by atoms with Crippen molar-refractivity contribution in [2.24, 2.45) is 0 Å². The second-order valence-electron chi connectivity index (χ2n) is 4.06. The highest BCUT2D eigenvalue weighted by Gasteiger charge is 2.28. The first-order valence-corrected chi connectivity index (χ1v) is 5.13. The Hall–Kier alpha value is -0.830. The zero-order valence-corrected chi connectivity index (χ0v) is 7.68. The van der Waals surface area contributed by atoms with E-state index >= 15 is 0 Å². The van der Waals surface area contributed by atoms with Gasteiger partial charge >= 0.3 is 0 Å². The molecule has 0 spiro atoms. The number of hydrogen-bond acceptors (Lipinski definition) is 3. The van der Waals surface area contributed by atoms with E-state index in [-0.39, 0.29) is 0 Å². The summed E-state index contributed by atoms with van der Waals surface area (Å²) in [6.07, 6.45) is 5.30. The lowest BCUT2D eigenvalue weighted by atomic mass is 10.0. The molecule has 0 radical (unpaired) electrons. The predicted octanol–water partition coefficient (Wildman–Crippen LogP) is 1.94. The van der Waals surface area contributed by atoms with Crippen molar-refractivity contribution in [3.63, 3.8) is 0 Å². The lowest BCUT2D eigenvalue weighted by Crippen LogP contribution is -2.03. The van der Waals surface area contributed by atoms with E-state index in [9.17, 15) is 0 Å². The lowest BCUT2D eigenvalue weighted by molar-refractivity contribution is 0.349. The summed E-state index contributed by atoms with van der Waals surface area (Å²) in [7, 11) is 0. The Morgan fingerprint density at radius 1 is 1.23 bits per heavy atom. The maximum absolute atomic E-state index is 5.43. The van der Waals surface area contributed by atoms with E-state index in [2.05, 4.69) is 10.5 Å². The van der Waals surface area contributed by atoms with Crippen LogP contribution in [0.25, 0.3) is 0 Å². The van der Waals surface area contributed by atoms with Crippen LogP contribution in [0.1, 0.15) is 48.6 Å². The van der Waals surface area contributed by atoms with Crippen molar-refractivity contribution >= 4 is 0 Å². The Balaban J connectivity index is 1.95. The number of aromatic nitrogens is 1. The molecule has 1 saturated carbocycles. The van der Waals surface area contributed by atoms with E-state index in [1.807, 2.05) is 0 Å². The maximum atomic E-state index is 5.43. The molecule has 3 rings (SSSR count). The summed E-state index contributed by atoms with van der Waals surface area (Å²) in [4.78, 5) is 0. The molecule has 0 unspecified atom stereocenters. The molecule has 0 saturated heterocycles. The highest BCUT2D eigenvalue weighted by molar-refractivity contribution is 5.29. The van der Waals surface area contributed by atoms with E-state index in [0.29, 0.717) is 5.92 Å². The summed E-state index contributed by atoms with van der Waals surface area (Å²) in [5, 5.41) is 7.41. The smallest absolute Gasteiger partial charge is 0.144 e. The number of nitrogens with zero attached hydrogens (tertiary/aromatic N) is 1. The van der Waals surface area contributed by atoms with Gasteiger partial charge < -0.3 is 9.84 Å². The summed E-state index contributed by atoms with van der Waals surface area (Å²) in [6, 6.07) is 0. The zero-order valence-electron chi connectivity index (χ0n) is 7.68. The Labute approximate surface area is 77.5 Å². The molecule has 1 N–H and O–H groups in total. The second kappa shape index (κ2) is 2.84. The predicted molar refractivity (Wildman–Crippen MR) is 48.3 cm³/mol. The molecule has 3 heteroatoms. The summed E-state index contributed by atoms with van der Waals surface area (Å²) in [5.41, 5.74) is 2.49. The first-order chi connectivity index (χ1) is 6.45. The van der Waals surface area contributed by atoms with Gasteiger partial charge in [0.25, 0.3) is 0 Å². The van der Waals surface area contributed by atoms with Crippen LogP contribution in [0.4, 0.5) is 0 Å². The maximum Gasteiger partial charge on any atom is 0.144 e. The Morgan fingerprint density at radius 2 is 2.08 bits per heavy atom. The van der Waals surface area contributed by atoms with Gasteiger partial charge in [0.15, 0.2) is 0 Å². The number of nitrogens with one attached hydrogen (secondary N) is 1. The summed E-state index contributed by atoms with van der Waals surface area (Å²) < 4.78 is 5.43. The largest absolute Gasteiger partial charge is 0.360 e. The van der Waals surface area contributed by atoms with Crippen LogP contribution in [0.15, 0.2) is 4.52 Å². The molecule has 1 aromatic rings. The van der Waals surface area contributed by atoms with Crippen molar-refractivity contribution in [3.8, 4) is 0 Å². The van der Waals surface area contributed by atoms with E-state index < -0.39 is 0 Å². The molecular weight excluding hydrogens is 164 g/mol. The fourth-order valence-electron chi connectivity index (χ4n) is 2.50. The van der Waals surface area contributed by atoms with Gasteiger partial charge in [0, 0.05) is 24.6 Å². The minimum atomic E-state index is 0.663. The number of fused-ring (bicyclic) bond motifs is 1. The Kier molecular flexibility index (Phi) is 1.65. The van der Waals surface area contributed by atoms with Crippen LogP contribution in [0, 0.1) is 0 Å². The standard InChI is InChI=1S/C10H14N2O/c1-2-4-7(3-1)10-8-5-11-6-9(8)12-13-10/h7,11H,1-6H2. The molecule has 70 valence electrons. The Bertz CT molecular complexity index is 313. The van der Waals surface area contributed by atoms with Gasteiger partial charge in [0.2, 0.25) is 0 Å². The van der Waals surface area contributed by atoms with E-state index in [4.69, 9.17) is 4.52 Å². The Morgan fingerprint density at radius 3 is 2.92 bits per heavy atom. The summed E-state index contributed by atoms with van der Waals surface area (Å²) in [5.74, 6) is 1.84. The van der Waals surface area contributed by atoms with E-state index in [0.717, 1.165) is 18.8 Å². The first-order valence-electron chi connectivity index (χ1n) is 5.13. The third kappa shape index (κ3) is 1.10. The van der Waals surface area contributed by atoms with Gasteiger partial charge in [-0.3, -0.25) is 0 Å². The third-order valence-electron chi connectivity index (χ3n) is 3.22. The highest BCUT2D eigenvalue weighted by Crippen LogP contribution is 2.37. The topological polar surface area (TPSA) is 38.1 Å². The van der Waals surface area contributed by atoms with Crippen LogP contribution in [0.5, 0.6) is 0 Å². The molecule has 1 aromatic heterocycles. The summed E-state index contributed by atoms with van der Waals surface area (Å²) >= 11 is 0. The molecular formula is C10H14N2O. The van der Waals surface area contributed by atoms with E-state index in [1.165, 1.54) is 37.0 Å². The molecule has 13 heavy (non-hydrogen) atoms. The molecule has 3 nitrogen and oxygen atoms in total. The molecule has 1 aliphatic carbocycles. The lowest BCUT2D eigenvalue weighted by Gasteiger charge is -2.04. The van der Waals surface area contributed by atoms with Crippen molar-refractivity contribution in [1.82, 2.24) is 10.5 Å². The minimum absolute atomic E-state index is 0.663. The normalized spacial score (nSPS) is 22.5. The van der Waals surface area contributed by atoms with Gasteiger partial charge in [-0.15, -0.1) is 0 Å². The van der Waals surface area contributed by atoms with Gasteiger partial charge in [-0.1, -0.05) is 18.0 Å². The van der Waals surface area contributed by atoms with Crippen LogP contribution in [0.3, 0.4) is 0 Å². The molecule has 0 aromatic carbocycles. The van der Waals surface area contributed by atoms with Crippen molar-refractivity contribution < 1.29 is 4.52 Å². The quantitative estimate of drug-likeness (QED) is 0.714. The second-order valence-corrected chi connectivity index (χ2v) is 4.06. The van der Waals surface area contributed by atoms with Crippen molar-refractivity contribution in [2.45, 2.75) is 44.7 Å². The fraction of sp³-hybridized carbons (Fsp3) is 0.700. The van der Waals surface area contributed by atoms with Crippen molar-refractivity contribution in [3.05, 3.63) is 17.0 Å². The summed E-state index contributed by atoms with van der Waals surface area (Å²) in [6.45, 7) is 1.86. The fourth-order valence-corrected chi connectivity index (χ4v) is 2.50. The molecule has 0 atom stereocenters. The van der Waals surface area contributed by atoms with Gasteiger partial charge in [-0.25, -0.2) is 0 Å². The van der Waals surface area contributed by atoms with Crippen molar-refractivity contribution in [1.29, 1.82) is 0 Å². The monoisotopic (exact) mass is 178 g/mol. The third-order valence-corrected chi connectivity index (χ3v) is 3.22. The van der Waals surface area contributed by atoms with Crippen LogP contribution in [-0.2, 0) is 13.1 Å². The molecule has 1 fully saturated rings. The van der Waals surface area contributed by atoms with E-state index in [1.54, 1.807) is 0 Å². The first kappa shape index (κ1) is 7.56. The number of rotatable bonds is 1. The molecule has 2 heterocycles. The van der Waals surface area contributed by atoms with Gasteiger partial charge in [0.1, 0.15) is 11.5 Å². The minimum Gasteiger partial charge on any atom is -0.360 e. The van der Waals surface area contributed by atoms with Gasteiger partial charge in [-0.05, 0) is 12.8 Å². The van der Waals surface area contributed by atoms with Gasteiger partial charge in [0.05, 0.1) is 0 Å². The SMILES string of the molecule is C1CCC(c2onc3c2CNC3)C1. The average Bonchev–Trinajstić information content (AvgIpc) is 2.79. The van der Waals surface area contributed by atoms with Crippen LogP contribution in [0.2, 0.25) is 0 Å². The van der Waals surface area contributed by atoms with Crippen LogP contribution >= 0.6 is 0 Å². The molecule has 1 aliphatic heterocycles. The molecule has 0 amide bonds.